The molecule has 4 heterocycles. The fourth-order valence-corrected chi connectivity index (χ4v) is 7.31. The summed E-state index contributed by atoms with van der Waals surface area (Å²) in [7, 11) is 2.09. The summed E-state index contributed by atoms with van der Waals surface area (Å²) in [6.45, 7) is 6.59. The van der Waals surface area contributed by atoms with E-state index < -0.39 is 23.7 Å². The fraction of sp³-hybridized carbons (Fsp3) is 0.545. The number of benzene rings is 1. The van der Waals surface area contributed by atoms with Crippen LogP contribution in [0.25, 0.3) is 0 Å². The molecule has 1 aromatic heterocycles. The van der Waals surface area contributed by atoms with Crippen LogP contribution in [0.5, 0.6) is 5.88 Å². The van der Waals surface area contributed by atoms with Crippen LogP contribution in [0.15, 0.2) is 36.7 Å². The Kier molecular flexibility index (Phi) is 8.46. The summed E-state index contributed by atoms with van der Waals surface area (Å²) in [5.41, 5.74) is 4.09. The van der Waals surface area contributed by atoms with E-state index in [1.54, 1.807) is 6.07 Å². The van der Waals surface area contributed by atoms with Gasteiger partial charge < -0.3 is 24.3 Å². The molecule has 8 nitrogen and oxygen atoms in total. The first kappa shape index (κ1) is 30.3. The number of anilines is 2. The van der Waals surface area contributed by atoms with Crippen molar-refractivity contribution in [2.45, 2.75) is 69.5 Å². The van der Waals surface area contributed by atoms with Crippen LogP contribution in [-0.2, 0) is 30.1 Å². The predicted molar refractivity (Wildman–Crippen MR) is 162 cm³/mol. The first-order valence-corrected chi connectivity index (χ1v) is 15.5. The molecule has 0 radical (unpaired) electrons. The minimum absolute atomic E-state index is 0.0568. The Morgan fingerprint density at radius 1 is 1.14 bits per heavy atom. The van der Waals surface area contributed by atoms with Gasteiger partial charge >= 0.3 is 0 Å². The number of aromatic nitrogens is 1. The molecule has 44 heavy (non-hydrogen) atoms. The SMILES string of the molecule is C=C(F)C(=O)N1CCN(c2cc(OC[C@@H]3CCCN3C)nc3c2CCN(c2cccc4c2C(F)(F)CCC4)C3)C[C@@H]1CC#N. The zero-order valence-corrected chi connectivity index (χ0v) is 25.2. The second-order valence-corrected chi connectivity index (χ2v) is 12.4. The van der Waals surface area contributed by atoms with Crippen molar-refractivity contribution in [3.8, 4) is 11.9 Å². The Morgan fingerprint density at radius 3 is 2.73 bits per heavy atom. The number of hydrogen-bond donors (Lipinski definition) is 0. The highest BCUT2D eigenvalue weighted by Crippen LogP contribution is 2.46. The van der Waals surface area contributed by atoms with Crippen LogP contribution in [0.4, 0.5) is 24.5 Å². The van der Waals surface area contributed by atoms with Crippen LogP contribution in [0.3, 0.4) is 0 Å². The van der Waals surface area contributed by atoms with Crippen molar-refractivity contribution in [3.63, 3.8) is 0 Å². The third-order valence-electron chi connectivity index (χ3n) is 9.65. The minimum Gasteiger partial charge on any atom is -0.476 e. The number of ether oxygens (including phenoxy) is 1. The normalized spacial score (nSPS) is 23.1. The molecule has 2 saturated heterocycles. The Hall–Kier alpha value is -3.78. The topological polar surface area (TPSA) is 75.9 Å². The molecular weight excluding hydrogens is 569 g/mol. The first-order valence-electron chi connectivity index (χ1n) is 15.5. The lowest BCUT2D eigenvalue weighted by Crippen LogP contribution is -2.55. The van der Waals surface area contributed by atoms with Crippen molar-refractivity contribution in [2.24, 2.45) is 0 Å². The van der Waals surface area contributed by atoms with Gasteiger partial charge in [0.1, 0.15) is 6.61 Å². The van der Waals surface area contributed by atoms with Crippen molar-refractivity contribution >= 4 is 17.3 Å². The largest absolute Gasteiger partial charge is 0.476 e. The monoisotopic (exact) mass is 608 g/mol. The predicted octanol–water partition coefficient (Wildman–Crippen LogP) is 4.96. The number of halogens is 3. The number of alkyl halides is 2. The van der Waals surface area contributed by atoms with E-state index >= 15 is 8.78 Å². The lowest BCUT2D eigenvalue weighted by molar-refractivity contribution is -0.131. The molecule has 234 valence electrons. The smallest absolute Gasteiger partial charge is 0.282 e. The van der Waals surface area contributed by atoms with Gasteiger partial charge in [-0.05, 0) is 57.3 Å². The number of pyridine rings is 1. The quantitative estimate of drug-likeness (QED) is 0.412. The van der Waals surface area contributed by atoms with Gasteiger partial charge in [-0.15, -0.1) is 0 Å². The summed E-state index contributed by atoms with van der Waals surface area (Å²) in [6.07, 6.45) is 3.77. The van der Waals surface area contributed by atoms with E-state index in [9.17, 15) is 14.4 Å². The number of piperazine rings is 1. The van der Waals surface area contributed by atoms with Crippen molar-refractivity contribution in [1.82, 2.24) is 14.8 Å². The van der Waals surface area contributed by atoms with Gasteiger partial charge in [-0.2, -0.15) is 5.26 Å². The molecule has 2 atom stereocenters. The maximum atomic E-state index is 15.2. The minimum atomic E-state index is -2.88. The number of fused-ring (bicyclic) bond motifs is 2. The molecule has 2 aromatic rings. The van der Waals surface area contributed by atoms with E-state index in [0.717, 1.165) is 36.3 Å². The Morgan fingerprint density at radius 2 is 1.98 bits per heavy atom. The highest BCUT2D eigenvalue weighted by molar-refractivity contribution is 5.91. The van der Waals surface area contributed by atoms with E-state index in [1.165, 1.54) is 4.90 Å². The molecular formula is C33H39F3N6O2. The molecule has 0 unspecified atom stereocenters. The Labute approximate surface area is 256 Å². The van der Waals surface area contributed by atoms with Gasteiger partial charge in [-0.1, -0.05) is 18.7 Å². The molecule has 1 amide bonds. The van der Waals surface area contributed by atoms with Gasteiger partial charge in [-0.25, -0.2) is 18.2 Å². The molecule has 1 aromatic carbocycles. The molecule has 11 heteroatoms. The Bertz CT molecular complexity index is 1480. The average Bonchev–Trinajstić information content (AvgIpc) is 3.43. The second-order valence-electron chi connectivity index (χ2n) is 12.4. The van der Waals surface area contributed by atoms with Gasteiger partial charge in [0.15, 0.2) is 5.83 Å². The van der Waals surface area contributed by atoms with E-state index in [0.29, 0.717) is 69.2 Å². The molecule has 1 aliphatic carbocycles. The molecule has 0 spiro atoms. The Balaban J connectivity index is 1.33. The molecule has 0 saturated carbocycles. The summed E-state index contributed by atoms with van der Waals surface area (Å²) in [4.78, 5) is 25.2. The number of carbonyl (C=O) groups is 1. The number of carbonyl (C=O) groups excluding carboxylic acids is 1. The van der Waals surface area contributed by atoms with Crippen LogP contribution in [-0.4, -0.2) is 79.2 Å². The van der Waals surface area contributed by atoms with Crippen LogP contribution in [0, 0.1) is 11.3 Å². The molecule has 0 bridgehead atoms. The molecule has 2 fully saturated rings. The van der Waals surface area contributed by atoms with Crippen LogP contribution < -0.4 is 14.5 Å². The van der Waals surface area contributed by atoms with Gasteiger partial charge in [0, 0.05) is 67.2 Å². The van der Waals surface area contributed by atoms with Gasteiger partial charge in [0.25, 0.3) is 11.8 Å². The van der Waals surface area contributed by atoms with Gasteiger partial charge in [-0.3, -0.25) is 4.79 Å². The molecule has 3 aliphatic heterocycles. The lowest BCUT2D eigenvalue weighted by atomic mass is 9.86. The summed E-state index contributed by atoms with van der Waals surface area (Å²) >= 11 is 0. The van der Waals surface area contributed by atoms with E-state index in [1.807, 2.05) is 23.1 Å². The number of likely N-dealkylation sites (N-methyl/N-ethyl adjacent to an activating group) is 1. The molecule has 4 aliphatic rings. The standard InChI is InChI=1S/C33H39F3N6O2/c1-22(34)32(43)42-17-16-41(19-24(42)10-13-37)29-18-30(44-21-25-8-5-14-39(25)2)38-27-20-40(15-11-26(27)29)28-9-3-6-23-7-4-12-33(35,36)31(23)28/h3,6,9,18,24-25H,1,4-5,7-8,10-12,14-17,19-21H2,2H3/t24-,25-/m0/s1. The number of nitrogens with zero attached hydrogens (tertiary/aromatic N) is 6. The van der Waals surface area contributed by atoms with Crippen LogP contribution >= 0.6 is 0 Å². The molecule has 6 rings (SSSR count). The maximum absolute atomic E-state index is 15.2. The second kappa shape index (κ2) is 12.3. The highest BCUT2D eigenvalue weighted by atomic mass is 19.3. The van der Waals surface area contributed by atoms with Gasteiger partial charge in [0.05, 0.1) is 30.8 Å². The number of aryl methyl sites for hydroxylation is 1. The van der Waals surface area contributed by atoms with E-state index in [-0.39, 0.29) is 31.0 Å². The fourth-order valence-electron chi connectivity index (χ4n) is 7.31. The summed E-state index contributed by atoms with van der Waals surface area (Å²) < 4.78 is 50.6. The first-order chi connectivity index (χ1) is 21.2. The number of amides is 1. The third-order valence-corrected chi connectivity index (χ3v) is 9.65. The van der Waals surface area contributed by atoms with Crippen molar-refractivity contribution in [1.29, 1.82) is 5.26 Å². The van der Waals surface area contributed by atoms with Crippen LogP contribution in [0.1, 0.15) is 54.5 Å². The summed E-state index contributed by atoms with van der Waals surface area (Å²) in [5.74, 6) is -4.23. The number of nitriles is 1. The van der Waals surface area contributed by atoms with Crippen molar-refractivity contribution < 1.29 is 22.7 Å². The van der Waals surface area contributed by atoms with Crippen molar-refractivity contribution in [3.05, 3.63) is 59.1 Å². The number of likely N-dealkylation sites (tertiary alicyclic amines) is 1. The zero-order valence-electron chi connectivity index (χ0n) is 25.2. The number of hydrogen-bond acceptors (Lipinski definition) is 7. The van der Waals surface area contributed by atoms with E-state index in [2.05, 4.69) is 29.5 Å². The lowest BCUT2D eigenvalue weighted by Gasteiger charge is -2.43. The zero-order chi connectivity index (χ0) is 31.0. The maximum Gasteiger partial charge on any atom is 0.282 e. The summed E-state index contributed by atoms with van der Waals surface area (Å²) in [6, 6.07) is 9.31. The summed E-state index contributed by atoms with van der Waals surface area (Å²) in [5, 5.41) is 9.49. The third kappa shape index (κ3) is 5.84. The number of rotatable bonds is 7. The van der Waals surface area contributed by atoms with Crippen LogP contribution in [0.2, 0.25) is 0 Å². The average molecular weight is 609 g/mol. The molecule has 0 N–H and O–H groups in total. The van der Waals surface area contributed by atoms with Crippen molar-refractivity contribution in [2.75, 3.05) is 56.2 Å². The highest BCUT2D eigenvalue weighted by Gasteiger charge is 2.41. The van der Waals surface area contributed by atoms with Gasteiger partial charge in [0.2, 0.25) is 5.88 Å². The van der Waals surface area contributed by atoms with E-state index in [4.69, 9.17) is 9.72 Å².